The van der Waals surface area contributed by atoms with Gasteiger partial charge in [-0.2, -0.15) is 0 Å². The normalized spacial score (nSPS) is 18.8. The van der Waals surface area contributed by atoms with E-state index in [1.165, 1.54) is 48.2 Å². The Morgan fingerprint density at radius 1 is 0.861 bits per heavy atom. The maximum atomic E-state index is 10.0. The lowest BCUT2D eigenvalue weighted by Gasteiger charge is -2.35. The molecule has 5 heteroatoms. The van der Waals surface area contributed by atoms with E-state index in [0.29, 0.717) is 11.7 Å². The Kier molecular flexibility index (Phi) is 11.3. The van der Waals surface area contributed by atoms with E-state index >= 15 is 0 Å². The zero-order valence-electron chi connectivity index (χ0n) is 21.9. The monoisotopic (exact) mass is 491 g/mol. The lowest BCUT2D eigenvalue weighted by molar-refractivity contribution is 0.237. The first-order valence-corrected chi connectivity index (χ1v) is 12.9. The highest BCUT2D eigenvalue weighted by Crippen LogP contribution is 2.47. The van der Waals surface area contributed by atoms with Gasteiger partial charge in [-0.15, -0.1) is 0 Å². The number of rotatable bonds is 6. The number of aliphatic hydroxyl groups is 1. The van der Waals surface area contributed by atoms with E-state index < -0.39 is 0 Å². The van der Waals surface area contributed by atoms with Gasteiger partial charge in [0.2, 0.25) is 0 Å². The van der Waals surface area contributed by atoms with Gasteiger partial charge in [-0.3, -0.25) is 4.90 Å². The highest BCUT2D eigenvalue weighted by molar-refractivity contribution is 5.48. The Labute approximate surface area is 216 Å². The van der Waals surface area contributed by atoms with E-state index in [2.05, 4.69) is 70.3 Å². The molecule has 0 unspecified atom stereocenters. The lowest BCUT2D eigenvalue weighted by Crippen LogP contribution is -2.25. The molecule has 1 aliphatic heterocycles. The van der Waals surface area contributed by atoms with Crippen LogP contribution in [0.25, 0.3) is 0 Å². The zero-order valence-corrected chi connectivity index (χ0v) is 21.9. The van der Waals surface area contributed by atoms with E-state index in [1.54, 1.807) is 14.2 Å². The number of likely N-dealkylation sites (tertiary alicyclic amines) is 1. The first-order chi connectivity index (χ1) is 17.7. The number of aromatic hydroxyl groups is 1. The van der Waals surface area contributed by atoms with Crippen molar-refractivity contribution in [3.8, 4) is 11.5 Å². The standard InChI is InChI=1S/C28H31NO2.C2H6O.CH4O/c30-24-11-15-27-23(20-24)10-14-26(21-6-2-1-3-7-21)28(27)22-8-12-25(13-9-22)31-19-18-29-16-4-5-17-29;1-3-2;1-2/h1-3,6-9,11-13,15,20,26,28,30H,4-5,10,14,16-19H2;1-2H3;2H,1H3/t26-,28+;;/m1../s1. The third-order valence-electron chi connectivity index (χ3n) is 6.93. The van der Waals surface area contributed by atoms with Gasteiger partial charge in [-0.25, -0.2) is 0 Å². The van der Waals surface area contributed by atoms with Gasteiger partial charge in [0.1, 0.15) is 18.1 Å². The van der Waals surface area contributed by atoms with Gasteiger partial charge in [-0.1, -0.05) is 48.5 Å². The zero-order chi connectivity index (χ0) is 25.8. The molecule has 1 fully saturated rings. The number of nitrogens with zero attached hydrogens (tertiary/aromatic N) is 1. The lowest BCUT2D eigenvalue weighted by atomic mass is 9.69. The molecule has 0 radical (unpaired) electrons. The summed E-state index contributed by atoms with van der Waals surface area (Å²) >= 11 is 0. The van der Waals surface area contributed by atoms with Crippen molar-refractivity contribution in [3.05, 3.63) is 95.1 Å². The fraction of sp³-hybridized carbons (Fsp3) is 0.419. The fourth-order valence-corrected chi connectivity index (χ4v) is 5.35. The van der Waals surface area contributed by atoms with Crippen molar-refractivity contribution in [2.75, 3.05) is 47.6 Å². The molecule has 194 valence electrons. The number of hydrogen-bond donors (Lipinski definition) is 2. The molecular weight excluding hydrogens is 450 g/mol. The van der Waals surface area contributed by atoms with Crippen LogP contribution in [0.2, 0.25) is 0 Å². The number of fused-ring (bicyclic) bond motifs is 1. The van der Waals surface area contributed by atoms with Crippen LogP contribution in [-0.2, 0) is 11.2 Å². The van der Waals surface area contributed by atoms with Crippen LogP contribution >= 0.6 is 0 Å². The second kappa shape index (κ2) is 14.6. The van der Waals surface area contributed by atoms with Crippen LogP contribution in [0.1, 0.15) is 53.4 Å². The van der Waals surface area contributed by atoms with Crippen LogP contribution in [0.15, 0.2) is 72.8 Å². The summed E-state index contributed by atoms with van der Waals surface area (Å²) in [5.41, 5.74) is 5.30. The third-order valence-corrected chi connectivity index (χ3v) is 6.93. The summed E-state index contributed by atoms with van der Waals surface area (Å²) in [5, 5.41) is 17.0. The number of hydrogen-bond acceptors (Lipinski definition) is 5. The molecule has 1 aliphatic carbocycles. The molecule has 0 bridgehead atoms. The Balaban J connectivity index is 0.000000674. The minimum atomic E-state index is 0.283. The molecule has 36 heavy (non-hydrogen) atoms. The van der Waals surface area contributed by atoms with Crippen molar-refractivity contribution < 1.29 is 19.7 Å². The molecule has 0 saturated carbocycles. The van der Waals surface area contributed by atoms with Crippen molar-refractivity contribution in [1.29, 1.82) is 0 Å². The van der Waals surface area contributed by atoms with Crippen LogP contribution in [0.5, 0.6) is 11.5 Å². The quantitative estimate of drug-likeness (QED) is 0.470. The molecular formula is C31H41NO4. The molecule has 2 atom stereocenters. The minimum absolute atomic E-state index is 0.283. The van der Waals surface area contributed by atoms with Crippen molar-refractivity contribution in [2.24, 2.45) is 0 Å². The number of phenolic OH excluding ortho intramolecular Hbond substituents is 1. The molecule has 3 aromatic rings. The number of methoxy groups -OCH3 is 1. The molecule has 1 heterocycles. The van der Waals surface area contributed by atoms with Crippen molar-refractivity contribution in [2.45, 2.75) is 37.5 Å². The molecule has 0 aromatic heterocycles. The summed E-state index contributed by atoms with van der Waals surface area (Å²) in [6, 6.07) is 25.4. The second-order valence-electron chi connectivity index (χ2n) is 9.29. The Hall–Kier alpha value is -2.86. The van der Waals surface area contributed by atoms with Gasteiger partial charge in [0.05, 0.1) is 0 Å². The predicted molar refractivity (Wildman–Crippen MR) is 146 cm³/mol. The Morgan fingerprint density at radius 2 is 1.53 bits per heavy atom. The van der Waals surface area contributed by atoms with Crippen molar-refractivity contribution in [1.82, 2.24) is 4.90 Å². The van der Waals surface area contributed by atoms with E-state index in [-0.39, 0.29) is 5.92 Å². The molecule has 0 amide bonds. The molecule has 5 nitrogen and oxygen atoms in total. The second-order valence-corrected chi connectivity index (χ2v) is 9.29. The number of aliphatic hydroxyl groups excluding tert-OH is 1. The average molecular weight is 492 g/mol. The Bertz CT molecular complexity index is 1020. The maximum absolute atomic E-state index is 10.0. The molecule has 0 spiro atoms. The number of aryl methyl sites for hydroxylation is 1. The highest BCUT2D eigenvalue weighted by Gasteiger charge is 2.32. The van der Waals surface area contributed by atoms with Crippen LogP contribution in [0, 0.1) is 0 Å². The number of phenols is 1. The van der Waals surface area contributed by atoms with Crippen LogP contribution in [0.3, 0.4) is 0 Å². The molecule has 3 aromatic carbocycles. The van der Waals surface area contributed by atoms with Gasteiger partial charge in [0, 0.05) is 33.8 Å². The molecule has 2 aliphatic rings. The summed E-state index contributed by atoms with van der Waals surface area (Å²) in [7, 11) is 4.25. The van der Waals surface area contributed by atoms with Crippen LogP contribution < -0.4 is 4.74 Å². The molecule has 2 N–H and O–H groups in total. The van der Waals surface area contributed by atoms with Crippen molar-refractivity contribution in [3.63, 3.8) is 0 Å². The minimum Gasteiger partial charge on any atom is -0.508 e. The highest BCUT2D eigenvalue weighted by atomic mass is 16.5. The summed E-state index contributed by atoms with van der Waals surface area (Å²) in [5.74, 6) is 2.02. The van der Waals surface area contributed by atoms with Gasteiger partial charge in [0.25, 0.3) is 0 Å². The summed E-state index contributed by atoms with van der Waals surface area (Å²) < 4.78 is 10.3. The number of ether oxygens (including phenoxy) is 2. The average Bonchev–Trinajstić information content (AvgIpc) is 3.44. The fourth-order valence-electron chi connectivity index (χ4n) is 5.35. The van der Waals surface area contributed by atoms with E-state index in [4.69, 9.17) is 9.84 Å². The molecule has 5 rings (SSSR count). The Morgan fingerprint density at radius 3 is 2.19 bits per heavy atom. The van der Waals surface area contributed by atoms with Gasteiger partial charge in [-0.05, 0) is 91.2 Å². The summed E-state index contributed by atoms with van der Waals surface area (Å²) in [6.45, 7) is 4.18. The summed E-state index contributed by atoms with van der Waals surface area (Å²) in [4.78, 5) is 2.48. The van der Waals surface area contributed by atoms with E-state index in [1.807, 2.05) is 12.1 Å². The topological polar surface area (TPSA) is 62.2 Å². The van der Waals surface area contributed by atoms with Crippen LogP contribution in [0.4, 0.5) is 0 Å². The third kappa shape index (κ3) is 7.33. The first kappa shape index (κ1) is 27.7. The smallest absolute Gasteiger partial charge is 0.119 e. The van der Waals surface area contributed by atoms with E-state index in [9.17, 15) is 5.11 Å². The maximum Gasteiger partial charge on any atom is 0.119 e. The largest absolute Gasteiger partial charge is 0.508 e. The molecule has 1 saturated heterocycles. The van der Waals surface area contributed by atoms with Crippen LogP contribution in [-0.4, -0.2) is 62.7 Å². The SMILES string of the molecule is CO.COC.Oc1ccc2c(c1)CC[C@H](c1ccccc1)[C@@H]2c1ccc(OCCN2CCCC2)cc1. The van der Waals surface area contributed by atoms with Crippen molar-refractivity contribution >= 4 is 0 Å². The predicted octanol–water partition coefficient (Wildman–Crippen LogP) is 5.60. The van der Waals surface area contributed by atoms with Gasteiger partial charge < -0.3 is 19.7 Å². The van der Waals surface area contributed by atoms with E-state index in [0.717, 1.165) is 38.9 Å². The van der Waals surface area contributed by atoms with Gasteiger partial charge >= 0.3 is 0 Å². The summed E-state index contributed by atoms with van der Waals surface area (Å²) in [6.07, 6.45) is 4.71. The number of benzene rings is 3. The van der Waals surface area contributed by atoms with Gasteiger partial charge in [0.15, 0.2) is 0 Å². The first-order valence-electron chi connectivity index (χ1n) is 12.9.